The first-order valence-corrected chi connectivity index (χ1v) is 4.25. The molecule has 0 aromatic rings. The van der Waals surface area contributed by atoms with Crippen LogP contribution in [0.5, 0.6) is 0 Å². The summed E-state index contributed by atoms with van der Waals surface area (Å²) in [7, 11) is 0. The summed E-state index contributed by atoms with van der Waals surface area (Å²) in [5.41, 5.74) is 1.38. The largest absolute Gasteiger partial charge is 0.123 e. The molecule has 0 spiro atoms. The van der Waals surface area contributed by atoms with Crippen molar-refractivity contribution in [2.75, 3.05) is 0 Å². The lowest BCUT2D eigenvalue weighted by Gasteiger charge is -2.07. The van der Waals surface area contributed by atoms with E-state index in [1.54, 1.807) is 0 Å². The Morgan fingerprint density at radius 3 is 2.20 bits per heavy atom. The molecule has 10 heavy (non-hydrogen) atoms. The molecule has 0 aliphatic rings. The molecule has 0 nitrogen and oxygen atoms in total. The number of hydrogen-bond acceptors (Lipinski definition) is 0. The Balaban J connectivity index is 3.64. The summed E-state index contributed by atoms with van der Waals surface area (Å²) in [5, 5.41) is 0.297. The molecule has 0 heterocycles. The first-order chi connectivity index (χ1) is 4.52. The van der Waals surface area contributed by atoms with Crippen LogP contribution >= 0.6 is 11.6 Å². The number of alkyl halides is 1. The average molecular weight is 161 g/mol. The quantitative estimate of drug-likeness (QED) is 0.437. The SMILES string of the molecule is CC(C)=C[C@H](C)C[C@@H](C)Cl. The molecule has 0 radical (unpaired) electrons. The minimum Gasteiger partial charge on any atom is -0.123 e. The molecule has 0 aliphatic carbocycles. The number of rotatable bonds is 3. The minimum absolute atomic E-state index is 0.297. The van der Waals surface area contributed by atoms with Gasteiger partial charge in [-0.1, -0.05) is 18.6 Å². The van der Waals surface area contributed by atoms with E-state index in [-0.39, 0.29) is 0 Å². The Morgan fingerprint density at radius 1 is 1.40 bits per heavy atom. The van der Waals surface area contributed by atoms with E-state index in [9.17, 15) is 0 Å². The smallest absolute Gasteiger partial charge is 0.0313 e. The van der Waals surface area contributed by atoms with Gasteiger partial charge in [-0.25, -0.2) is 0 Å². The molecule has 0 aromatic heterocycles. The van der Waals surface area contributed by atoms with Crippen LogP contribution in [0.25, 0.3) is 0 Å². The maximum atomic E-state index is 5.83. The first kappa shape index (κ1) is 10.0. The van der Waals surface area contributed by atoms with Gasteiger partial charge in [-0.3, -0.25) is 0 Å². The predicted octanol–water partition coefficient (Wildman–Crippen LogP) is 3.61. The van der Waals surface area contributed by atoms with Gasteiger partial charge >= 0.3 is 0 Å². The van der Waals surface area contributed by atoms with Crippen molar-refractivity contribution in [1.29, 1.82) is 0 Å². The zero-order valence-electron chi connectivity index (χ0n) is 7.32. The molecule has 0 aromatic carbocycles. The first-order valence-electron chi connectivity index (χ1n) is 3.81. The third-order valence-electron chi connectivity index (χ3n) is 1.31. The maximum Gasteiger partial charge on any atom is 0.0313 e. The molecule has 0 amide bonds. The van der Waals surface area contributed by atoms with Gasteiger partial charge in [0.05, 0.1) is 0 Å². The summed E-state index contributed by atoms with van der Waals surface area (Å²) < 4.78 is 0. The van der Waals surface area contributed by atoms with Gasteiger partial charge in [-0.2, -0.15) is 0 Å². The second-order valence-corrected chi connectivity index (χ2v) is 3.98. The van der Waals surface area contributed by atoms with Crippen molar-refractivity contribution in [3.8, 4) is 0 Å². The fourth-order valence-electron chi connectivity index (χ4n) is 1.15. The van der Waals surface area contributed by atoms with Crippen LogP contribution in [0, 0.1) is 5.92 Å². The molecule has 1 heteroatoms. The number of halogens is 1. The van der Waals surface area contributed by atoms with E-state index in [1.807, 2.05) is 6.92 Å². The molecular weight excluding hydrogens is 144 g/mol. The van der Waals surface area contributed by atoms with Crippen molar-refractivity contribution >= 4 is 11.6 Å². The average Bonchev–Trinajstić information content (AvgIpc) is 1.58. The summed E-state index contributed by atoms with van der Waals surface area (Å²) in [5.74, 6) is 0.623. The highest BCUT2D eigenvalue weighted by atomic mass is 35.5. The molecule has 0 aliphatic heterocycles. The molecule has 0 N–H and O–H groups in total. The lowest BCUT2D eigenvalue weighted by atomic mass is 10.0. The lowest BCUT2D eigenvalue weighted by Crippen LogP contribution is -1.99. The summed E-state index contributed by atoms with van der Waals surface area (Å²) in [6.45, 7) is 8.48. The Labute approximate surface area is 69.3 Å². The van der Waals surface area contributed by atoms with Crippen LogP contribution in [-0.4, -0.2) is 5.38 Å². The van der Waals surface area contributed by atoms with Crippen LogP contribution in [-0.2, 0) is 0 Å². The van der Waals surface area contributed by atoms with Gasteiger partial charge in [0, 0.05) is 5.38 Å². The van der Waals surface area contributed by atoms with Crippen LogP contribution < -0.4 is 0 Å². The minimum atomic E-state index is 0.297. The van der Waals surface area contributed by atoms with E-state index >= 15 is 0 Å². The summed E-state index contributed by atoms with van der Waals surface area (Å²) in [6.07, 6.45) is 3.34. The number of hydrogen-bond donors (Lipinski definition) is 0. The van der Waals surface area contributed by atoms with Crippen molar-refractivity contribution in [2.24, 2.45) is 5.92 Å². The Kier molecular flexibility index (Phi) is 4.80. The standard InChI is InChI=1S/C9H17Cl/c1-7(2)5-8(3)6-9(4)10/h5,8-9H,6H2,1-4H3/t8-,9+/m0/s1. The van der Waals surface area contributed by atoms with Crippen LogP contribution in [0.1, 0.15) is 34.1 Å². The Hall–Kier alpha value is 0.0300. The highest BCUT2D eigenvalue weighted by molar-refractivity contribution is 6.20. The van der Waals surface area contributed by atoms with Gasteiger partial charge in [0.1, 0.15) is 0 Å². The van der Waals surface area contributed by atoms with E-state index in [0.29, 0.717) is 11.3 Å². The third-order valence-corrected chi connectivity index (χ3v) is 1.49. The van der Waals surface area contributed by atoms with E-state index in [0.717, 1.165) is 6.42 Å². The van der Waals surface area contributed by atoms with E-state index in [1.165, 1.54) is 5.57 Å². The molecular formula is C9H17Cl. The molecule has 0 unspecified atom stereocenters. The van der Waals surface area contributed by atoms with Gasteiger partial charge in [0.2, 0.25) is 0 Å². The van der Waals surface area contributed by atoms with Crippen molar-refractivity contribution in [2.45, 2.75) is 39.5 Å². The molecule has 2 atom stereocenters. The fraction of sp³-hybridized carbons (Fsp3) is 0.778. The van der Waals surface area contributed by atoms with Gasteiger partial charge in [0.25, 0.3) is 0 Å². The molecule has 0 bridgehead atoms. The number of allylic oxidation sites excluding steroid dienone is 2. The van der Waals surface area contributed by atoms with Crippen LogP contribution in [0.2, 0.25) is 0 Å². The normalized spacial score (nSPS) is 16.1. The topological polar surface area (TPSA) is 0 Å². The Morgan fingerprint density at radius 2 is 1.90 bits per heavy atom. The van der Waals surface area contributed by atoms with Gasteiger partial charge < -0.3 is 0 Å². The second kappa shape index (κ2) is 4.79. The highest BCUT2D eigenvalue weighted by Gasteiger charge is 2.01. The van der Waals surface area contributed by atoms with Crippen molar-refractivity contribution in [3.63, 3.8) is 0 Å². The van der Waals surface area contributed by atoms with Crippen LogP contribution in [0.3, 0.4) is 0 Å². The molecule has 0 saturated heterocycles. The third kappa shape index (κ3) is 6.15. The van der Waals surface area contributed by atoms with Crippen molar-refractivity contribution in [3.05, 3.63) is 11.6 Å². The monoisotopic (exact) mass is 160 g/mol. The Bertz CT molecular complexity index is 110. The van der Waals surface area contributed by atoms with E-state index < -0.39 is 0 Å². The van der Waals surface area contributed by atoms with Crippen molar-refractivity contribution < 1.29 is 0 Å². The molecule has 0 rings (SSSR count). The maximum absolute atomic E-state index is 5.83. The van der Waals surface area contributed by atoms with Gasteiger partial charge in [-0.15, -0.1) is 11.6 Å². The summed E-state index contributed by atoms with van der Waals surface area (Å²) >= 11 is 5.83. The van der Waals surface area contributed by atoms with Crippen LogP contribution in [0.15, 0.2) is 11.6 Å². The summed E-state index contributed by atoms with van der Waals surface area (Å²) in [6, 6.07) is 0. The summed E-state index contributed by atoms with van der Waals surface area (Å²) in [4.78, 5) is 0. The predicted molar refractivity (Wildman–Crippen MR) is 48.5 cm³/mol. The van der Waals surface area contributed by atoms with Gasteiger partial charge in [0.15, 0.2) is 0 Å². The van der Waals surface area contributed by atoms with E-state index in [4.69, 9.17) is 11.6 Å². The fourth-order valence-corrected chi connectivity index (χ4v) is 1.43. The second-order valence-electron chi connectivity index (χ2n) is 3.24. The zero-order valence-corrected chi connectivity index (χ0v) is 8.07. The van der Waals surface area contributed by atoms with Crippen molar-refractivity contribution in [1.82, 2.24) is 0 Å². The molecule has 0 fully saturated rings. The van der Waals surface area contributed by atoms with Gasteiger partial charge in [-0.05, 0) is 33.1 Å². The highest BCUT2D eigenvalue weighted by Crippen LogP contribution is 2.13. The van der Waals surface area contributed by atoms with E-state index in [2.05, 4.69) is 26.8 Å². The molecule has 60 valence electrons. The zero-order chi connectivity index (χ0) is 8.15. The molecule has 0 saturated carbocycles. The lowest BCUT2D eigenvalue weighted by molar-refractivity contribution is 0.636. The van der Waals surface area contributed by atoms with Crippen LogP contribution in [0.4, 0.5) is 0 Å².